The Bertz CT molecular complexity index is 1340. The summed E-state index contributed by atoms with van der Waals surface area (Å²) in [6, 6.07) is 23.0. The van der Waals surface area contributed by atoms with E-state index in [1.165, 1.54) is 0 Å². The minimum Gasteiger partial charge on any atom is -0.480 e. The van der Waals surface area contributed by atoms with E-state index < -0.39 is 12.0 Å². The number of aliphatic carboxylic acids is 1. The molecule has 4 atom stereocenters. The number of ketones is 1. The molecule has 1 N–H and O–H groups in total. The van der Waals surface area contributed by atoms with Gasteiger partial charge in [0.25, 0.3) is 0 Å². The maximum absolute atomic E-state index is 13.9. The third-order valence-electron chi connectivity index (χ3n) is 8.11. The second-order valence-corrected chi connectivity index (χ2v) is 13.4. The Hall–Kier alpha value is -3.10. The van der Waals surface area contributed by atoms with Crippen LogP contribution >= 0.6 is 21.6 Å². The number of carboxylic acid groups (broad SMARTS) is 1. The van der Waals surface area contributed by atoms with Gasteiger partial charge in [-0.15, -0.1) is 0 Å². The number of pyridine rings is 1. The second-order valence-electron chi connectivity index (χ2n) is 10.9. The van der Waals surface area contributed by atoms with Crippen molar-refractivity contribution in [3.05, 3.63) is 101 Å². The number of carbonyl (C=O) groups is 3. The zero-order valence-electron chi connectivity index (χ0n) is 23.1. The molecule has 1 saturated heterocycles. The van der Waals surface area contributed by atoms with Gasteiger partial charge < -0.3 is 10.0 Å². The summed E-state index contributed by atoms with van der Waals surface area (Å²) < 4.78 is 0. The molecule has 0 aliphatic carbocycles. The zero-order valence-corrected chi connectivity index (χ0v) is 24.7. The first-order chi connectivity index (χ1) is 20.0. The number of carboxylic acids is 1. The van der Waals surface area contributed by atoms with E-state index in [2.05, 4.69) is 23.2 Å². The fourth-order valence-electron chi connectivity index (χ4n) is 6.06. The van der Waals surface area contributed by atoms with Crippen LogP contribution < -0.4 is 0 Å². The number of hydrogen-bond acceptors (Lipinski definition) is 6. The minimum absolute atomic E-state index is 0.0770. The molecule has 1 fully saturated rings. The van der Waals surface area contributed by atoms with Gasteiger partial charge in [-0.2, -0.15) is 0 Å². The summed E-state index contributed by atoms with van der Waals surface area (Å²) in [5.74, 6) is -0.421. The third-order valence-corrected chi connectivity index (χ3v) is 10.8. The summed E-state index contributed by atoms with van der Waals surface area (Å²) in [5.41, 5.74) is 4.32. The lowest BCUT2D eigenvalue weighted by Gasteiger charge is -2.40. The van der Waals surface area contributed by atoms with Crippen molar-refractivity contribution < 1.29 is 19.5 Å². The molecule has 3 heterocycles. The van der Waals surface area contributed by atoms with Crippen LogP contribution in [0.2, 0.25) is 0 Å². The Morgan fingerprint density at radius 3 is 2.56 bits per heavy atom. The quantitative estimate of drug-likeness (QED) is 0.236. The van der Waals surface area contributed by atoms with Crippen molar-refractivity contribution in [2.24, 2.45) is 5.92 Å². The number of benzene rings is 2. The molecule has 5 rings (SSSR count). The summed E-state index contributed by atoms with van der Waals surface area (Å²) in [7, 11) is 3.26. The summed E-state index contributed by atoms with van der Waals surface area (Å²) in [6.07, 6.45) is 6.65. The number of fused-ring (bicyclic) bond motifs is 3. The van der Waals surface area contributed by atoms with Crippen LogP contribution in [0.5, 0.6) is 0 Å². The maximum Gasteiger partial charge on any atom is 0.326 e. The molecular formula is C33H36N2O4S2. The fraction of sp³-hybridized carbons (Fsp3) is 0.394. The maximum atomic E-state index is 13.9. The van der Waals surface area contributed by atoms with Gasteiger partial charge >= 0.3 is 5.97 Å². The molecule has 0 bridgehead atoms. The first kappa shape index (κ1) is 29.4. The molecule has 1 amide bonds. The van der Waals surface area contributed by atoms with Gasteiger partial charge in [0.15, 0.2) is 0 Å². The number of aromatic nitrogens is 1. The Labute approximate surface area is 249 Å². The highest BCUT2D eigenvalue weighted by Crippen LogP contribution is 2.41. The molecule has 2 unspecified atom stereocenters. The summed E-state index contributed by atoms with van der Waals surface area (Å²) >= 11 is 0. The molecule has 3 aromatic rings. The average Bonchev–Trinajstić information content (AvgIpc) is 3.12. The van der Waals surface area contributed by atoms with Gasteiger partial charge in [0.2, 0.25) is 5.91 Å². The van der Waals surface area contributed by atoms with E-state index in [0.29, 0.717) is 38.5 Å². The number of amides is 1. The average molecular weight is 589 g/mol. The number of carbonyl (C=O) groups excluding carboxylic acids is 2. The van der Waals surface area contributed by atoms with Crippen molar-refractivity contribution in [2.75, 3.05) is 0 Å². The van der Waals surface area contributed by atoms with Gasteiger partial charge in [-0.05, 0) is 73.8 Å². The standard InChI is InChI=1S/C33H36N2O4S2/c36-30(31(20-23-10-2-1-3-11-23)41-40-22-26-14-6-7-19-34-26)18-8-13-25-21-24-12-4-5-15-27(24)28-16-9-17-29(33(38)39)35(28)32(25)37/h1-7,10-12,14-15,19,25,28-29,31H,8-9,13,16-18,20-22H2,(H,38,39)/t25-,28?,29-,31?/m0/s1. The number of Topliss-reactive ketones (excluding diaryl/α,β-unsaturated/α-hetero) is 1. The van der Waals surface area contributed by atoms with E-state index >= 15 is 0 Å². The lowest BCUT2D eigenvalue weighted by atomic mass is 9.89. The zero-order chi connectivity index (χ0) is 28.6. The van der Waals surface area contributed by atoms with Gasteiger partial charge in [0.05, 0.1) is 17.0 Å². The van der Waals surface area contributed by atoms with E-state index in [-0.39, 0.29) is 28.9 Å². The van der Waals surface area contributed by atoms with Crippen LogP contribution in [0.25, 0.3) is 0 Å². The van der Waals surface area contributed by atoms with Gasteiger partial charge in [0, 0.05) is 24.3 Å². The van der Waals surface area contributed by atoms with Gasteiger partial charge in [-0.3, -0.25) is 14.6 Å². The first-order valence-corrected chi connectivity index (χ1v) is 16.8. The highest BCUT2D eigenvalue weighted by atomic mass is 33.1. The van der Waals surface area contributed by atoms with Crippen LogP contribution in [0, 0.1) is 5.92 Å². The van der Waals surface area contributed by atoms with Crippen LogP contribution in [0.1, 0.15) is 67.0 Å². The number of nitrogens with zero attached hydrogens (tertiary/aromatic N) is 2. The molecule has 0 spiro atoms. The van der Waals surface area contributed by atoms with E-state index in [9.17, 15) is 19.5 Å². The predicted octanol–water partition coefficient (Wildman–Crippen LogP) is 6.69. The first-order valence-electron chi connectivity index (χ1n) is 14.4. The Balaban J connectivity index is 1.25. The van der Waals surface area contributed by atoms with Gasteiger partial charge in [-0.25, -0.2) is 4.79 Å². The van der Waals surface area contributed by atoms with Crippen LogP contribution in [0.3, 0.4) is 0 Å². The molecule has 0 saturated carbocycles. The van der Waals surface area contributed by atoms with Crippen LogP contribution in [-0.4, -0.2) is 43.9 Å². The van der Waals surface area contributed by atoms with Crippen molar-refractivity contribution in [2.45, 2.75) is 74.5 Å². The van der Waals surface area contributed by atoms with Crippen molar-refractivity contribution in [3.8, 4) is 0 Å². The van der Waals surface area contributed by atoms with Crippen LogP contribution in [-0.2, 0) is 33.0 Å². The van der Waals surface area contributed by atoms with E-state index in [4.69, 9.17) is 0 Å². The lowest BCUT2D eigenvalue weighted by Crippen LogP contribution is -2.50. The lowest BCUT2D eigenvalue weighted by molar-refractivity contribution is -0.157. The number of piperidine rings is 1. The predicted molar refractivity (Wildman–Crippen MR) is 164 cm³/mol. The molecule has 2 aliphatic rings. The number of hydrogen-bond donors (Lipinski definition) is 1. The van der Waals surface area contributed by atoms with Gasteiger partial charge in [0.1, 0.15) is 11.8 Å². The van der Waals surface area contributed by atoms with Crippen LogP contribution in [0.4, 0.5) is 0 Å². The molecule has 214 valence electrons. The summed E-state index contributed by atoms with van der Waals surface area (Å²) in [6.45, 7) is 0. The van der Waals surface area contributed by atoms with Crippen molar-refractivity contribution >= 4 is 39.2 Å². The summed E-state index contributed by atoms with van der Waals surface area (Å²) in [4.78, 5) is 45.6. The van der Waals surface area contributed by atoms with E-state index in [1.807, 2.05) is 54.6 Å². The normalized spacial score (nSPS) is 20.9. The van der Waals surface area contributed by atoms with Crippen molar-refractivity contribution in [3.63, 3.8) is 0 Å². The van der Waals surface area contributed by atoms with E-state index in [0.717, 1.165) is 41.0 Å². The second kappa shape index (κ2) is 14.2. The van der Waals surface area contributed by atoms with Crippen LogP contribution in [0.15, 0.2) is 79.0 Å². The fourth-order valence-corrected chi connectivity index (χ4v) is 8.66. The molecule has 8 heteroatoms. The van der Waals surface area contributed by atoms with Gasteiger partial charge in [-0.1, -0.05) is 82.3 Å². The minimum atomic E-state index is -0.930. The Kier molecular flexibility index (Phi) is 10.2. The smallest absolute Gasteiger partial charge is 0.326 e. The SMILES string of the molecule is O=C(CCC[C@H]1Cc2ccccc2C2CCC[C@@H](C(=O)O)N2C1=O)C(Cc1ccccc1)SSCc1ccccn1. The number of rotatable bonds is 12. The third kappa shape index (κ3) is 7.41. The summed E-state index contributed by atoms with van der Waals surface area (Å²) in [5, 5.41) is 9.75. The molecule has 2 aliphatic heterocycles. The molecule has 41 heavy (non-hydrogen) atoms. The van der Waals surface area contributed by atoms with Crippen molar-refractivity contribution in [1.82, 2.24) is 9.88 Å². The highest BCUT2D eigenvalue weighted by Gasteiger charge is 2.43. The molecule has 1 aromatic heterocycles. The Morgan fingerprint density at radius 2 is 1.78 bits per heavy atom. The molecular weight excluding hydrogens is 553 g/mol. The highest BCUT2D eigenvalue weighted by molar-refractivity contribution is 8.76. The topological polar surface area (TPSA) is 87.6 Å². The monoisotopic (exact) mass is 588 g/mol. The van der Waals surface area contributed by atoms with Crippen molar-refractivity contribution in [1.29, 1.82) is 0 Å². The molecule has 6 nitrogen and oxygen atoms in total. The Morgan fingerprint density at radius 1 is 1.00 bits per heavy atom. The van der Waals surface area contributed by atoms with E-state index in [1.54, 1.807) is 32.7 Å². The largest absolute Gasteiger partial charge is 0.480 e. The molecule has 0 radical (unpaired) electrons. The molecule has 2 aromatic carbocycles.